The first-order chi connectivity index (χ1) is 21.7. The van der Waals surface area contributed by atoms with Gasteiger partial charge in [-0.2, -0.15) is 4.98 Å². The second kappa shape index (κ2) is 14.0. The molecule has 4 aromatic rings. The molecule has 0 saturated carbocycles. The first kappa shape index (κ1) is 31.8. The lowest BCUT2D eigenvalue weighted by Gasteiger charge is -2.34. The highest BCUT2D eigenvalue weighted by molar-refractivity contribution is 6.33. The number of para-hydroxylation sites is 1. The molecule has 0 bridgehead atoms. The molecule has 0 aliphatic carbocycles. The highest BCUT2D eigenvalue weighted by Gasteiger charge is 2.26. The number of nitrogens with zero attached hydrogens (tertiary/aromatic N) is 7. The summed E-state index contributed by atoms with van der Waals surface area (Å²) in [5.41, 5.74) is 4.39. The van der Waals surface area contributed by atoms with Crippen LogP contribution in [0.4, 0.5) is 34.6 Å². The van der Waals surface area contributed by atoms with E-state index >= 15 is 0 Å². The number of carbonyl (C=O) groups excluding carboxylic acids is 1. The average Bonchev–Trinajstić information content (AvgIpc) is 3.05. The van der Waals surface area contributed by atoms with E-state index in [0.29, 0.717) is 51.8 Å². The minimum Gasteiger partial charge on any atom is -0.495 e. The van der Waals surface area contributed by atoms with Crippen molar-refractivity contribution in [2.45, 2.75) is 19.9 Å². The second-order valence-electron chi connectivity index (χ2n) is 11.0. The van der Waals surface area contributed by atoms with E-state index in [1.807, 2.05) is 51.2 Å². The summed E-state index contributed by atoms with van der Waals surface area (Å²) in [6.45, 7) is 7.93. The molecule has 1 fully saturated rings. The molecule has 5 rings (SSSR count). The van der Waals surface area contributed by atoms with Gasteiger partial charge in [-0.25, -0.2) is 9.97 Å². The number of methoxy groups -OCH3 is 2. The lowest BCUT2D eigenvalue weighted by atomic mass is 10.1. The van der Waals surface area contributed by atoms with Crippen LogP contribution in [0.25, 0.3) is 0 Å². The third-order valence-corrected chi connectivity index (χ3v) is 8.51. The minimum absolute atomic E-state index is 0.272. The zero-order chi connectivity index (χ0) is 32.1. The van der Waals surface area contributed by atoms with Crippen molar-refractivity contribution >= 4 is 52.7 Å². The Hall–Kier alpha value is -4.61. The fourth-order valence-electron chi connectivity index (χ4n) is 5.42. The molecular formula is C33H39ClN8O3. The maximum Gasteiger partial charge on any atom is 0.229 e. The van der Waals surface area contributed by atoms with E-state index in [2.05, 4.69) is 43.1 Å². The average molecular weight is 631 g/mol. The van der Waals surface area contributed by atoms with Gasteiger partial charge in [0.05, 0.1) is 42.9 Å². The van der Waals surface area contributed by atoms with E-state index in [9.17, 15) is 4.79 Å². The molecule has 0 spiro atoms. The van der Waals surface area contributed by atoms with Crippen molar-refractivity contribution in [3.05, 3.63) is 77.1 Å². The number of aromatic nitrogens is 3. The number of ether oxygens (including phenoxy) is 2. The predicted molar refractivity (Wildman–Crippen MR) is 180 cm³/mol. The van der Waals surface area contributed by atoms with Gasteiger partial charge in [-0.1, -0.05) is 23.7 Å². The first-order valence-electron chi connectivity index (χ1n) is 14.7. The van der Waals surface area contributed by atoms with Crippen LogP contribution in [0.3, 0.4) is 0 Å². The van der Waals surface area contributed by atoms with E-state index in [1.54, 1.807) is 38.7 Å². The Labute approximate surface area is 269 Å². The fourth-order valence-corrected chi connectivity index (χ4v) is 5.77. The van der Waals surface area contributed by atoms with E-state index in [1.165, 1.54) is 4.90 Å². The van der Waals surface area contributed by atoms with Crippen molar-refractivity contribution < 1.29 is 14.3 Å². The summed E-state index contributed by atoms with van der Waals surface area (Å²) in [6.07, 6.45) is 3.98. The monoisotopic (exact) mass is 630 g/mol. The molecule has 45 heavy (non-hydrogen) atoms. The molecule has 1 saturated heterocycles. The number of nitrogens with one attached hydrogen (secondary N) is 1. The summed E-state index contributed by atoms with van der Waals surface area (Å²) in [7, 11) is 7.30. The van der Waals surface area contributed by atoms with Crippen LogP contribution in [-0.2, 0) is 4.79 Å². The van der Waals surface area contributed by atoms with Crippen molar-refractivity contribution in [3.8, 4) is 11.5 Å². The van der Waals surface area contributed by atoms with Crippen LogP contribution in [0.1, 0.15) is 24.1 Å². The Morgan fingerprint density at radius 3 is 2.44 bits per heavy atom. The number of rotatable bonds is 11. The summed E-state index contributed by atoms with van der Waals surface area (Å²) in [6, 6.07) is 15.0. The van der Waals surface area contributed by atoms with Crippen LogP contribution in [0.5, 0.6) is 11.5 Å². The van der Waals surface area contributed by atoms with Gasteiger partial charge in [0.1, 0.15) is 17.3 Å². The minimum atomic E-state index is -0.272. The van der Waals surface area contributed by atoms with Crippen molar-refractivity contribution in [3.63, 3.8) is 0 Å². The van der Waals surface area contributed by atoms with Gasteiger partial charge >= 0.3 is 0 Å². The van der Waals surface area contributed by atoms with Crippen molar-refractivity contribution in [2.24, 2.45) is 0 Å². The molecular weight excluding hydrogens is 592 g/mol. The van der Waals surface area contributed by atoms with Crippen LogP contribution in [-0.4, -0.2) is 80.8 Å². The topological polar surface area (TPSA) is 99.2 Å². The van der Waals surface area contributed by atoms with E-state index < -0.39 is 0 Å². The molecule has 12 heteroatoms. The molecule has 11 nitrogen and oxygen atoms in total. The van der Waals surface area contributed by atoms with Crippen LogP contribution in [0.2, 0.25) is 5.02 Å². The standard InChI is InChI=1S/C33H39ClN8O3/c1-22-8-7-9-27(34)31(22)40(4)23(2)26-20-36-33(38-32(26)42(21-43)30-13-11-25(44-5)19-35-30)37-28-12-10-24(18-29(28)45-6)41-16-14-39(3)15-17-41/h7-13,18-21,23H,14-17H2,1-6H3,(H,36,37,38). The number of hydrogen-bond acceptors (Lipinski definition) is 10. The quantitative estimate of drug-likeness (QED) is 0.204. The molecule has 236 valence electrons. The van der Waals surface area contributed by atoms with Crippen LogP contribution >= 0.6 is 11.6 Å². The number of halogens is 1. The number of carbonyl (C=O) groups is 1. The van der Waals surface area contributed by atoms with Gasteiger partial charge in [0, 0.05) is 56.7 Å². The molecule has 1 aliphatic rings. The predicted octanol–water partition coefficient (Wildman–Crippen LogP) is 5.84. The highest BCUT2D eigenvalue weighted by atomic mass is 35.5. The number of likely N-dealkylation sites (N-methyl/N-ethyl adjacent to an activating group) is 1. The van der Waals surface area contributed by atoms with Crippen molar-refractivity contribution in [1.29, 1.82) is 0 Å². The zero-order valence-electron chi connectivity index (χ0n) is 26.5. The molecule has 1 amide bonds. The number of hydrogen-bond donors (Lipinski definition) is 1. The number of pyridine rings is 1. The molecule has 0 radical (unpaired) electrons. The van der Waals surface area contributed by atoms with Gasteiger partial charge < -0.3 is 29.5 Å². The fraction of sp³-hybridized carbons (Fsp3) is 0.333. The first-order valence-corrected chi connectivity index (χ1v) is 15.1. The maximum absolute atomic E-state index is 12.7. The largest absolute Gasteiger partial charge is 0.495 e. The third kappa shape index (κ3) is 6.89. The Balaban J connectivity index is 1.53. The van der Waals surface area contributed by atoms with Gasteiger partial charge in [-0.3, -0.25) is 9.69 Å². The summed E-state index contributed by atoms with van der Waals surface area (Å²) >= 11 is 6.63. The summed E-state index contributed by atoms with van der Waals surface area (Å²) in [4.78, 5) is 34.8. The third-order valence-electron chi connectivity index (χ3n) is 8.21. The van der Waals surface area contributed by atoms with Gasteiger partial charge in [-0.15, -0.1) is 0 Å². The zero-order valence-corrected chi connectivity index (χ0v) is 27.2. The lowest BCUT2D eigenvalue weighted by molar-refractivity contribution is -0.106. The van der Waals surface area contributed by atoms with Crippen LogP contribution in [0.15, 0.2) is 60.9 Å². The Morgan fingerprint density at radius 2 is 1.80 bits per heavy atom. The summed E-state index contributed by atoms with van der Waals surface area (Å²) in [5, 5.41) is 3.93. The number of benzene rings is 2. The SMILES string of the molecule is COc1ccc(N(C=O)c2nc(Nc3ccc(N4CCN(C)CC4)cc3OC)ncc2C(C)N(C)c2c(C)cccc2Cl)nc1. The molecule has 1 unspecified atom stereocenters. The summed E-state index contributed by atoms with van der Waals surface area (Å²) < 4.78 is 11.0. The smallest absolute Gasteiger partial charge is 0.229 e. The number of anilines is 6. The van der Waals surface area contributed by atoms with Crippen LogP contribution in [0, 0.1) is 6.92 Å². The lowest BCUT2D eigenvalue weighted by Crippen LogP contribution is -2.44. The molecule has 2 aromatic heterocycles. The van der Waals surface area contributed by atoms with Crippen molar-refractivity contribution in [2.75, 3.05) is 74.5 Å². The molecule has 3 heterocycles. The van der Waals surface area contributed by atoms with Gasteiger partial charge in [0.2, 0.25) is 12.4 Å². The molecule has 1 N–H and O–H groups in total. The molecule has 1 aliphatic heterocycles. The van der Waals surface area contributed by atoms with Gasteiger partial charge in [-0.05, 0) is 56.8 Å². The Morgan fingerprint density at radius 1 is 1.02 bits per heavy atom. The number of amides is 1. The molecule has 2 aromatic carbocycles. The van der Waals surface area contributed by atoms with Crippen LogP contribution < -0.4 is 29.5 Å². The van der Waals surface area contributed by atoms with Gasteiger partial charge in [0.15, 0.2) is 5.82 Å². The maximum atomic E-state index is 12.7. The van der Waals surface area contributed by atoms with E-state index in [4.69, 9.17) is 26.1 Å². The van der Waals surface area contributed by atoms with Crippen molar-refractivity contribution in [1.82, 2.24) is 19.9 Å². The van der Waals surface area contributed by atoms with E-state index in [0.717, 1.165) is 43.1 Å². The molecule has 1 atom stereocenters. The normalized spacial score (nSPS) is 14.1. The van der Waals surface area contributed by atoms with E-state index in [-0.39, 0.29) is 6.04 Å². The Kier molecular flexibility index (Phi) is 9.90. The Bertz CT molecular complexity index is 1610. The second-order valence-corrected chi connectivity index (χ2v) is 11.4. The van der Waals surface area contributed by atoms with Gasteiger partial charge in [0.25, 0.3) is 0 Å². The number of piperazine rings is 1. The summed E-state index contributed by atoms with van der Waals surface area (Å²) in [5.74, 6) is 2.28. The highest BCUT2D eigenvalue weighted by Crippen LogP contribution is 2.38. The number of aryl methyl sites for hydroxylation is 1.